The van der Waals surface area contributed by atoms with Crippen molar-refractivity contribution in [3.05, 3.63) is 37.3 Å². The Morgan fingerprint density at radius 3 is 1.22 bits per heavy atom. The van der Waals surface area contributed by atoms with Gasteiger partial charge in [0.05, 0.1) is 0 Å². The molecule has 0 aliphatic rings. The molecule has 1 rings (SSSR count). The molecule has 1 atom stereocenters. The predicted molar refractivity (Wildman–Crippen MR) is 112 cm³/mol. The average molecular weight is 453 g/mol. The summed E-state index contributed by atoms with van der Waals surface area (Å²) in [6, 6.07) is 8.37. The molecule has 0 heterocycles. The second-order valence-corrected chi connectivity index (χ2v) is 8.08. The first kappa shape index (κ1) is 31.4. The monoisotopic (exact) mass is 452 g/mol. The Morgan fingerprint density at radius 2 is 1.09 bits per heavy atom. The standard InChI is InChI=1S/C8H18.C7H9P.C4H10.CH3.ClH.Pd/c1-7(2,3)8(4,5)6;1-6-2-4-7(8)5-3-6;1-3-4-2;;;/h1-6H3;2-5H,8H2,1H3;3-4H2,1-2H3;1H3;1H;/q;;;-1;;+2/p-1. The Labute approximate surface area is 165 Å². The molecular weight excluding hydrogens is 413 g/mol. The summed E-state index contributed by atoms with van der Waals surface area (Å²) in [6.45, 7) is 20.1. The number of hydrogen-bond donors (Lipinski definition) is 0. The van der Waals surface area contributed by atoms with Crippen LogP contribution < -0.4 is 5.30 Å². The van der Waals surface area contributed by atoms with E-state index in [-0.39, 0.29) is 7.43 Å². The van der Waals surface area contributed by atoms with Crippen LogP contribution in [0.5, 0.6) is 0 Å². The minimum atomic E-state index is 0. The molecule has 0 saturated heterocycles. The second-order valence-electron chi connectivity index (χ2n) is 7.41. The number of hydrogen-bond acceptors (Lipinski definition) is 0. The topological polar surface area (TPSA) is 0 Å². The number of benzene rings is 1. The average Bonchev–Trinajstić information content (AvgIpc) is 2.43. The molecule has 142 valence electrons. The van der Waals surface area contributed by atoms with Gasteiger partial charge in [0.25, 0.3) is 0 Å². The van der Waals surface area contributed by atoms with Crippen LogP contribution in [-0.2, 0) is 18.2 Å². The molecule has 0 amide bonds. The van der Waals surface area contributed by atoms with E-state index in [9.17, 15) is 0 Å². The van der Waals surface area contributed by atoms with Crippen molar-refractivity contribution < 1.29 is 18.2 Å². The van der Waals surface area contributed by atoms with Gasteiger partial charge in [0.15, 0.2) is 0 Å². The number of aryl methyl sites for hydroxylation is 1. The zero-order valence-electron chi connectivity index (χ0n) is 17.0. The summed E-state index contributed by atoms with van der Waals surface area (Å²) in [5.41, 5.74) is 2.19. The first-order valence-corrected chi connectivity index (χ1v) is 10.5. The molecule has 0 N–H and O–H groups in total. The van der Waals surface area contributed by atoms with Gasteiger partial charge in [-0.05, 0) is 23.1 Å². The number of unbranched alkanes of at least 4 members (excludes halogenated alkanes) is 1. The van der Waals surface area contributed by atoms with E-state index in [1.165, 1.54) is 23.7 Å². The minimum absolute atomic E-state index is 0. The molecule has 1 aromatic rings. The van der Waals surface area contributed by atoms with E-state index in [0.29, 0.717) is 10.8 Å². The molecule has 0 aromatic heterocycles. The van der Waals surface area contributed by atoms with Crippen molar-refractivity contribution in [2.75, 3.05) is 0 Å². The summed E-state index contributed by atoms with van der Waals surface area (Å²) in [5.74, 6) is 0. The van der Waals surface area contributed by atoms with Gasteiger partial charge in [0, 0.05) is 0 Å². The van der Waals surface area contributed by atoms with Gasteiger partial charge in [-0.3, -0.25) is 0 Å². The fourth-order valence-electron chi connectivity index (χ4n) is 0.566. The molecule has 0 nitrogen and oxygen atoms in total. The fraction of sp³-hybridized carbons (Fsp3) is 0.650. The van der Waals surface area contributed by atoms with Crippen molar-refractivity contribution >= 4 is 24.1 Å². The molecule has 0 radical (unpaired) electrons. The van der Waals surface area contributed by atoms with Gasteiger partial charge in [-0.15, -0.1) is 9.24 Å². The molecule has 0 fully saturated rings. The summed E-state index contributed by atoms with van der Waals surface area (Å²) in [5, 5.41) is 1.25. The molecule has 0 aliphatic carbocycles. The number of halogens is 1. The maximum atomic E-state index is 4.49. The quantitative estimate of drug-likeness (QED) is 0.234. The van der Waals surface area contributed by atoms with E-state index < -0.39 is 0 Å². The summed E-state index contributed by atoms with van der Waals surface area (Å²) >= 11 is 2.22. The Balaban J connectivity index is -0.000000115. The normalized spacial score (nSPS) is 9.78. The van der Waals surface area contributed by atoms with Crippen LogP contribution >= 0.6 is 18.8 Å². The first-order chi connectivity index (χ1) is 9.95. The van der Waals surface area contributed by atoms with E-state index >= 15 is 0 Å². The molecular formula is C20H40ClPPd. The van der Waals surface area contributed by atoms with Gasteiger partial charge in [0.2, 0.25) is 0 Å². The van der Waals surface area contributed by atoms with Crippen molar-refractivity contribution in [3.8, 4) is 0 Å². The summed E-state index contributed by atoms with van der Waals surface area (Å²) in [4.78, 5) is 0. The summed E-state index contributed by atoms with van der Waals surface area (Å²) in [6.07, 6.45) is 2.64. The fourth-order valence-corrected chi connectivity index (χ4v) is 0.759. The van der Waals surface area contributed by atoms with Crippen LogP contribution in [-0.4, -0.2) is 0 Å². The van der Waals surface area contributed by atoms with E-state index in [4.69, 9.17) is 0 Å². The maximum absolute atomic E-state index is 4.49. The Bertz CT molecular complexity index is 299. The van der Waals surface area contributed by atoms with Crippen molar-refractivity contribution in [2.45, 2.75) is 75.2 Å². The zero-order chi connectivity index (χ0) is 18.4. The van der Waals surface area contributed by atoms with Crippen LogP contribution in [0.1, 0.15) is 73.8 Å². The van der Waals surface area contributed by atoms with Gasteiger partial charge in [-0.25, -0.2) is 0 Å². The SMILES string of the molecule is CC(C)(C)C(C)(C)C.CCCC.Cc1ccc(P)cc1.[CH3-].[Cl][Pd+]. The number of rotatable bonds is 1. The van der Waals surface area contributed by atoms with E-state index in [0.717, 1.165) is 0 Å². The van der Waals surface area contributed by atoms with Crippen molar-refractivity contribution in [3.63, 3.8) is 0 Å². The third-order valence-corrected chi connectivity index (χ3v) is 4.21. The van der Waals surface area contributed by atoms with Crippen LogP contribution in [0.3, 0.4) is 0 Å². The van der Waals surface area contributed by atoms with Gasteiger partial charge < -0.3 is 7.43 Å². The van der Waals surface area contributed by atoms with Crippen molar-refractivity contribution in [1.29, 1.82) is 0 Å². The first-order valence-electron chi connectivity index (χ1n) is 7.89. The van der Waals surface area contributed by atoms with Gasteiger partial charge in [0.1, 0.15) is 0 Å². The molecule has 0 spiro atoms. The van der Waals surface area contributed by atoms with Gasteiger partial charge in [-0.2, -0.15) is 0 Å². The molecule has 0 bridgehead atoms. The van der Waals surface area contributed by atoms with E-state index in [2.05, 4.69) is 124 Å². The van der Waals surface area contributed by atoms with Gasteiger partial charge >= 0.3 is 27.7 Å². The van der Waals surface area contributed by atoms with Crippen molar-refractivity contribution in [2.24, 2.45) is 10.8 Å². The van der Waals surface area contributed by atoms with Gasteiger partial charge in [-0.1, -0.05) is 98.1 Å². The third-order valence-electron chi connectivity index (χ3n) is 3.83. The Hall–Kier alpha value is 0.602. The van der Waals surface area contributed by atoms with Crippen LogP contribution in [0.4, 0.5) is 0 Å². The van der Waals surface area contributed by atoms with E-state index in [1.54, 1.807) is 0 Å². The molecule has 1 aromatic carbocycles. The predicted octanol–water partition coefficient (Wildman–Crippen LogP) is 7.52. The Kier molecular flexibility index (Phi) is 23.8. The molecule has 3 heteroatoms. The second kappa shape index (κ2) is 17.4. The third kappa shape index (κ3) is 22.6. The molecule has 1 unspecified atom stereocenters. The van der Waals surface area contributed by atoms with Crippen LogP contribution in [0.2, 0.25) is 0 Å². The van der Waals surface area contributed by atoms with E-state index in [1.807, 2.05) is 0 Å². The summed E-state index contributed by atoms with van der Waals surface area (Å²) in [7, 11) is 7.14. The van der Waals surface area contributed by atoms with Crippen molar-refractivity contribution in [1.82, 2.24) is 0 Å². The van der Waals surface area contributed by atoms with Crippen LogP contribution in [0.15, 0.2) is 24.3 Å². The van der Waals surface area contributed by atoms with Crippen LogP contribution in [0, 0.1) is 25.2 Å². The zero-order valence-corrected chi connectivity index (χ0v) is 20.5. The molecule has 0 saturated carbocycles. The Morgan fingerprint density at radius 1 is 0.826 bits per heavy atom. The molecule has 0 aliphatic heterocycles. The van der Waals surface area contributed by atoms with Crippen LogP contribution in [0.25, 0.3) is 0 Å². The summed E-state index contributed by atoms with van der Waals surface area (Å²) < 4.78 is 0. The molecule has 23 heavy (non-hydrogen) atoms.